The van der Waals surface area contributed by atoms with Crippen molar-refractivity contribution in [2.24, 2.45) is 4.99 Å². The molecule has 148 valence electrons. The van der Waals surface area contributed by atoms with Crippen LogP contribution in [0.5, 0.6) is 0 Å². The van der Waals surface area contributed by atoms with Crippen LogP contribution in [0.1, 0.15) is 31.7 Å². The van der Waals surface area contributed by atoms with Crippen LogP contribution < -0.4 is 10.6 Å². The van der Waals surface area contributed by atoms with Crippen LogP contribution >= 0.6 is 24.0 Å². The molecule has 1 heterocycles. The highest BCUT2D eigenvalue weighted by Crippen LogP contribution is 2.11. The molecule has 0 bridgehead atoms. The fourth-order valence-corrected chi connectivity index (χ4v) is 2.71. The Morgan fingerprint density at radius 1 is 1.38 bits per heavy atom. The first kappa shape index (κ1) is 23.1. The van der Waals surface area contributed by atoms with Gasteiger partial charge < -0.3 is 20.1 Å². The summed E-state index contributed by atoms with van der Waals surface area (Å²) in [6, 6.07) is 6.70. The Kier molecular flexibility index (Phi) is 12.6. The summed E-state index contributed by atoms with van der Waals surface area (Å²) in [5.41, 5.74) is 0.978. The largest absolute Gasteiger partial charge is 0.379 e. The van der Waals surface area contributed by atoms with Crippen molar-refractivity contribution >= 4 is 29.9 Å². The topological polar surface area (TPSA) is 54.9 Å². The lowest BCUT2D eigenvalue weighted by atomic mass is 10.1. The Bertz CT molecular complexity index is 525. The Labute approximate surface area is 173 Å². The van der Waals surface area contributed by atoms with Crippen molar-refractivity contribution in [2.45, 2.75) is 38.7 Å². The van der Waals surface area contributed by atoms with E-state index in [0.717, 1.165) is 50.4 Å². The summed E-state index contributed by atoms with van der Waals surface area (Å²) in [4.78, 5) is 4.54. The van der Waals surface area contributed by atoms with Gasteiger partial charge in [0.15, 0.2) is 5.96 Å². The number of ether oxygens (including phenoxy) is 2. The number of hydrogen-bond donors (Lipinski definition) is 2. The SMILES string of the molecule is CCNC(=NCCCOCC1CCCO1)NCCc1cccc(F)c1.I. The van der Waals surface area contributed by atoms with Crippen LogP contribution in [-0.4, -0.2) is 51.5 Å². The van der Waals surface area contributed by atoms with E-state index >= 15 is 0 Å². The molecule has 0 radical (unpaired) electrons. The minimum atomic E-state index is -0.193. The molecule has 0 aliphatic carbocycles. The van der Waals surface area contributed by atoms with E-state index in [0.29, 0.717) is 26.3 Å². The van der Waals surface area contributed by atoms with Crippen LogP contribution in [0.2, 0.25) is 0 Å². The molecule has 0 saturated carbocycles. The first-order chi connectivity index (χ1) is 12.3. The third kappa shape index (κ3) is 9.68. The van der Waals surface area contributed by atoms with Gasteiger partial charge in [-0.25, -0.2) is 4.39 Å². The zero-order valence-electron chi connectivity index (χ0n) is 15.5. The van der Waals surface area contributed by atoms with Crippen molar-refractivity contribution in [1.82, 2.24) is 10.6 Å². The van der Waals surface area contributed by atoms with Gasteiger partial charge in [-0.05, 0) is 50.3 Å². The third-order valence-corrected chi connectivity index (χ3v) is 3.98. The van der Waals surface area contributed by atoms with Crippen LogP contribution in [0, 0.1) is 5.82 Å². The van der Waals surface area contributed by atoms with E-state index in [2.05, 4.69) is 15.6 Å². The number of nitrogens with zero attached hydrogens (tertiary/aromatic N) is 1. The van der Waals surface area contributed by atoms with Crippen LogP contribution in [0.15, 0.2) is 29.3 Å². The van der Waals surface area contributed by atoms with Crippen molar-refractivity contribution < 1.29 is 13.9 Å². The highest BCUT2D eigenvalue weighted by atomic mass is 127. The van der Waals surface area contributed by atoms with Crippen molar-refractivity contribution in [3.8, 4) is 0 Å². The lowest BCUT2D eigenvalue weighted by Crippen LogP contribution is -2.38. The maximum atomic E-state index is 13.2. The van der Waals surface area contributed by atoms with Gasteiger partial charge in [-0.15, -0.1) is 24.0 Å². The maximum Gasteiger partial charge on any atom is 0.191 e. The van der Waals surface area contributed by atoms with Crippen molar-refractivity contribution in [2.75, 3.05) is 39.5 Å². The Hall–Kier alpha value is -0.930. The summed E-state index contributed by atoms with van der Waals surface area (Å²) < 4.78 is 24.3. The molecule has 1 unspecified atom stereocenters. The van der Waals surface area contributed by atoms with Crippen LogP contribution in [0.25, 0.3) is 0 Å². The van der Waals surface area contributed by atoms with Gasteiger partial charge in [0.1, 0.15) is 5.82 Å². The lowest BCUT2D eigenvalue weighted by molar-refractivity contribution is 0.0171. The molecule has 0 aromatic heterocycles. The van der Waals surface area contributed by atoms with Gasteiger partial charge in [0, 0.05) is 32.8 Å². The monoisotopic (exact) mass is 479 g/mol. The van der Waals surface area contributed by atoms with Gasteiger partial charge in [-0.2, -0.15) is 0 Å². The minimum absolute atomic E-state index is 0. The summed E-state index contributed by atoms with van der Waals surface area (Å²) in [6.45, 7) is 6.52. The number of nitrogens with one attached hydrogen (secondary N) is 2. The highest BCUT2D eigenvalue weighted by Gasteiger charge is 2.14. The molecule has 7 heteroatoms. The molecule has 0 spiro atoms. The minimum Gasteiger partial charge on any atom is -0.379 e. The van der Waals surface area contributed by atoms with Crippen LogP contribution in [0.3, 0.4) is 0 Å². The molecule has 1 aromatic rings. The predicted octanol–water partition coefficient (Wildman–Crippen LogP) is 3.13. The quantitative estimate of drug-likeness (QED) is 0.235. The van der Waals surface area contributed by atoms with E-state index in [-0.39, 0.29) is 35.9 Å². The van der Waals surface area contributed by atoms with Gasteiger partial charge in [-0.3, -0.25) is 4.99 Å². The summed E-state index contributed by atoms with van der Waals surface area (Å²) >= 11 is 0. The number of aliphatic imine (C=N–C) groups is 1. The molecule has 1 saturated heterocycles. The molecule has 1 aromatic carbocycles. The van der Waals surface area contributed by atoms with Gasteiger partial charge in [-0.1, -0.05) is 12.1 Å². The van der Waals surface area contributed by atoms with E-state index < -0.39 is 0 Å². The van der Waals surface area contributed by atoms with E-state index in [4.69, 9.17) is 9.47 Å². The molecule has 1 aliphatic rings. The molecule has 5 nitrogen and oxygen atoms in total. The van der Waals surface area contributed by atoms with E-state index in [1.807, 2.05) is 13.0 Å². The van der Waals surface area contributed by atoms with Crippen LogP contribution in [-0.2, 0) is 15.9 Å². The van der Waals surface area contributed by atoms with Crippen molar-refractivity contribution in [3.05, 3.63) is 35.6 Å². The number of halogens is 2. The molecular formula is C19H31FIN3O2. The standard InChI is InChI=1S/C19H30FN3O2.HI/c1-2-21-19(23-11-9-16-6-3-7-17(20)14-16)22-10-5-12-24-15-18-8-4-13-25-18;/h3,6-7,14,18H,2,4-5,8-13,15H2,1H3,(H2,21,22,23);1H. The number of benzene rings is 1. The predicted molar refractivity (Wildman–Crippen MR) is 114 cm³/mol. The molecule has 26 heavy (non-hydrogen) atoms. The second-order valence-corrected chi connectivity index (χ2v) is 6.13. The molecule has 2 rings (SSSR count). The normalized spacial score (nSPS) is 17.0. The average Bonchev–Trinajstić information content (AvgIpc) is 3.11. The van der Waals surface area contributed by atoms with E-state index in [1.165, 1.54) is 6.07 Å². The smallest absolute Gasteiger partial charge is 0.191 e. The van der Waals surface area contributed by atoms with Crippen molar-refractivity contribution in [3.63, 3.8) is 0 Å². The molecule has 2 N–H and O–H groups in total. The molecule has 0 amide bonds. The zero-order chi connectivity index (χ0) is 17.7. The lowest BCUT2D eigenvalue weighted by Gasteiger charge is -2.12. The van der Waals surface area contributed by atoms with Crippen molar-refractivity contribution in [1.29, 1.82) is 0 Å². The van der Waals surface area contributed by atoms with E-state index in [1.54, 1.807) is 12.1 Å². The Balaban J connectivity index is 0.00000338. The molecular weight excluding hydrogens is 448 g/mol. The average molecular weight is 479 g/mol. The third-order valence-electron chi connectivity index (χ3n) is 3.98. The summed E-state index contributed by atoms with van der Waals surface area (Å²) in [5.74, 6) is 0.596. The van der Waals surface area contributed by atoms with Gasteiger partial charge in [0.25, 0.3) is 0 Å². The highest BCUT2D eigenvalue weighted by molar-refractivity contribution is 14.0. The number of guanidine groups is 1. The number of hydrogen-bond acceptors (Lipinski definition) is 3. The number of rotatable bonds is 10. The second-order valence-electron chi connectivity index (χ2n) is 6.13. The van der Waals surface area contributed by atoms with Gasteiger partial charge in [0.2, 0.25) is 0 Å². The van der Waals surface area contributed by atoms with Gasteiger partial charge in [0.05, 0.1) is 12.7 Å². The first-order valence-corrected chi connectivity index (χ1v) is 9.24. The fraction of sp³-hybridized carbons (Fsp3) is 0.632. The summed E-state index contributed by atoms with van der Waals surface area (Å²) in [5, 5.41) is 6.50. The second kappa shape index (κ2) is 14.2. The Morgan fingerprint density at radius 2 is 2.27 bits per heavy atom. The summed E-state index contributed by atoms with van der Waals surface area (Å²) in [6.07, 6.45) is 4.18. The Morgan fingerprint density at radius 3 is 3.00 bits per heavy atom. The summed E-state index contributed by atoms with van der Waals surface area (Å²) in [7, 11) is 0. The van der Waals surface area contributed by atoms with Crippen LogP contribution in [0.4, 0.5) is 4.39 Å². The fourth-order valence-electron chi connectivity index (χ4n) is 2.71. The van der Waals surface area contributed by atoms with Gasteiger partial charge >= 0.3 is 0 Å². The molecule has 1 atom stereocenters. The molecule has 1 fully saturated rings. The maximum absolute atomic E-state index is 13.2. The zero-order valence-corrected chi connectivity index (χ0v) is 17.8. The van der Waals surface area contributed by atoms with E-state index in [9.17, 15) is 4.39 Å². The molecule has 1 aliphatic heterocycles. The first-order valence-electron chi connectivity index (χ1n) is 9.24.